The number of methoxy groups -OCH3 is 1. The van der Waals surface area contributed by atoms with E-state index in [4.69, 9.17) is 21.1 Å². The number of esters is 2. The highest BCUT2D eigenvalue weighted by Crippen LogP contribution is 2.40. The van der Waals surface area contributed by atoms with Crippen LogP contribution in [0.4, 0.5) is 5.69 Å². The Bertz CT molecular complexity index is 1340. The van der Waals surface area contributed by atoms with Crippen LogP contribution in [0, 0.1) is 10.1 Å². The molecule has 1 unspecified atom stereocenters. The summed E-state index contributed by atoms with van der Waals surface area (Å²) >= 11 is 6.01. The van der Waals surface area contributed by atoms with Gasteiger partial charge in [-0.2, -0.15) is 0 Å². The van der Waals surface area contributed by atoms with Crippen molar-refractivity contribution in [2.45, 2.75) is 39.2 Å². The number of dihydropyridines is 1. The van der Waals surface area contributed by atoms with Gasteiger partial charge in [-0.25, -0.2) is 19.6 Å². The van der Waals surface area contributed by atoms with Gasteiger partial charge in [0.15, 0.2) is 0 Å². The number of hydrogen-bond acceptors (Lipinski definition) is 9. The van der Waals surface area contributed by atoms with E-state index in [0.29, 0.717) is 28.4 Å². The first-order valence-corrected chi connectivity index (χ1v) is 13.5. The van der Waals surface area contributed by atoms with Crippen molar-refractivity contribution in [1.82, 2.24) is 15.3 Å². The van der Waals surface area contributed by atoms with Crippen LogP contribution in [0.5, 0.6) is 0 Å². The molecule has 2 aliphatic rings. The minimum absolute atomic E-state index is 0.142. The van der Waals surface area contributed by atoms with E-state index >= 15 is 0 Å². The van der Waals surface area contributed by atoms with Gasteiger partial charge in [-0.3, -0.25) is 10.1 Å². The van der Waals surface area contributed by atoms with E-state index in [0.717, 1.165) is 32.6 Å². The lowest BCUT2D eigenvalue weighted by molar-refractivity contribution is -0.384. The monoisotopic (exact) mass is 568 g/mol. The zero-order chi connectivity index (χ0) is 28.8. The highest BCUT2D eigenvalue weighted by atomic mass is 35.5. The number of nitrogens with zero attached hydrogens (tertiary/aromatic N) is 3. The fourth-order valence-corrected chi connectivity index (χ4v) is 5.36. The van der Waals surface area contributed by atoms with Crippen molar-refractivity contribution < 1.29 is 24.0 Å². The van der Waals surface area contributed by atoms with Crippen molar-refractivity contribution in [3.63, 3.8) is 0 Å². The standard InChI is InChI=1S/C29H33ClN4O6/c1-19-25(28(35)39-3)27(22-7-4-8-24(17-22)34(37)38)26(20(2)31-19)29(36)40-16-6-15-32-13-5-14-33(32)18-21-9-11-23(30)12-10-21/h4,7-12,17,27,31H,5-6,13-16,18H2,1-3H3. The Morgan fingerprint density at radius 3 is 2.40 bits per heavy atom. The summed E-state index contributed by atoms with van der Waals surface area (Å²) in [6.45, 7) is 6.98. The molecule has 4 rings (SSSR count). The number of rotatable bonds is 10. The van der Waals surface area contributed by atoms with Crippen molar-refractivity contribution >= 4 is 29.2 Å². The number of ether oxygens (including phenoxy) is 2. The Hall–Kier alpha value is -3.73. The quantitative estimate of drug-likeness (QED) is 0.188. The smallest absolute Gasteiger partial charge is 0.336 e. The number of benzene rings is 2. The second kappa shape index (κ2) is 13.1. The van der Waals surface area contributed by atoms with E-state index in [2.05, 4.69) is 15.3 Å². The molecule has 1 saturated heterocycles. The molecule has 10 nitrogen and oxygen atoms in total. The number of non-ortho nitro benzene ring substituents is 1. The molecule has 2 aliphatic heterocycles. The molecule has 2 heterocycles. The maximum absolute atomic E-state index is 13.4. The van der Waals surface area contributed by atoms with Crippen LogP contribution in [0.25, 0.3) is 0 Å². The molecule has 0 saturated carbocycles. The third-order valence-corrected chi connectivity index (χ3v) is 7.36. The predicted molar refractivity (Wildman–Crippen MR) is 150 cm³/mol. The van der Waals surface area contributed by atoms with Gasteiger partial charge in [0.1, 0.15) is 0 Å². The summed E-state index contributed by atoms with van der Waals surface area (Å²) in [7, 11) is 1.25. The van der Waals surface area contributed by atoms with Gasteiger partial charge in [0.2, 0.25) is 0 Å². The van der Waals surface area contributed by atoms with Crippen molar-refractivity contribution in [2.75, 3.05) is 33.4 Å². The summed E-state index contributed by atoms with van der Waals surface area (Å²) < 4.78 is 10.7. The van der Waals surface area contributed by atoms with Crippen LogP contribution in [-0.4, -0.2) is 60.2 Å². The lowest BCUT2D eigenvalue weighted by Crippen LogP contribution is -2.37. The number of hydrazine groups is 1. The molecular weight excluding hydrogens is 536 g/mol. The number of nitrogens with one attached hydrogen (secondary N) is 1. The Balaban J connectivity index is 1.45. The van der Waals surface area contributed by atoms with Crippen molar-refractivity contribution in [2.24, 2.45) is 0 Å². The number of nitro benzene ring substituents is 1. The van der Waals surface area contributed by atoms with Gasteiger partial charge in [0.25, 0.3) is 5.69 Å². The number of hydrogen-bond donors (Lipinski definition) is 1. The highest BCUT2D eigenvalue weighted by molar-refractivity contribution is 6.30. The third-order valence-electron chi connectivity index (χ3n) is 7.10. The number of carbonyl (C=O) groups excluding carboxylic acids is 2. The predicted octanol–water partition coefficient (Wildman–Crippen LogP) is 4.71. The molecule has 2 aromatic rings. The molecule has 1 fully saturated rings. The second-order valence-electron chi connectivity index (χ2n) is 9.79. The third kappa shape index (κ3) is 6.70. The average molecular weight is 569 g/mol. The Morgan fingerprint density at radius 1 is 1.05 bits per heavy atom. The number of carbonyl (C=O) groups is 2. The van der Waals surface area contributed by atoms with E-state index < -0.39 is 22.8 Å². The summed E-state index contributed by atoms with van der Waals surface area (Å²) in [4.78, 5) is 37.2. The van der Waals surface area contributed by atoms with E-state index in [9.17, 15) is 19.7 Å². The lowest BCUT2D eigenvalue weighted by atomic mass is 9.80. The maximum Gasteiger partial charge on any atom is 0.336 e. The largest absolute Gasteiger partial charge is 0.466 e. The van der Waals surface area contributed by atoms with Gasteiger partial charge in [-0.15, -0.1) is 0 Å². The van der Waals surface area contributed by atoms with Crippen LogP contribution < -0.4 is 5.32 Å². The molecule has 212 valence electrons. The lowest BCUT2D eigenvalue weighted by Gasteiger charge is -2.30. The topological polar surface area (TPSA) is 114 Å². The van der Waals surface area contributed by atoms with Gasteiger partial charge < -0.3 is 14.8 Å². The molecule has 40 heavy (non-hydrogen) atoms. The van der Waals surface area contributed by atoms with Gasteiger partial charge >= 0.3 is 11.9 Å². The number of nitro groups is 1. The van der Waals surface area contributed by atoms with E-state index in [1.165, 1.54) is 30.9 Å². The van der Waals surface area contributed by atoms with Crippen LogP contribution in [0.3, 0.4) is 0 Å². The van der Waals surface area contributed by atoms with Gasteiger partial charge in [-0.1, -0.05) is 35.9 Å². The SMILES string of the molecule is COC(=O)C1=C(C)NC(C)=C(C(=O)OCCCN2CCCN2Cc2ccc(Cl)cc2)C1c1cccc([N+](=O)[O-])c1. The first-order valence-electron chi connectivity index (χ1n) is 13.1. The summed E-state index contributed by atoms with van der Waals surface area (Å²) in [5.41, 5.74) is 2.90. The summed E-state index contributed by atoms with van der Waals surface area (Å²) in [5, 5.41) is 19.8. The van der Waals surface area contributed by atoms with Gasteiger partial charge in [0, 0.05) is 54.7 Å². The van der Waals surface area contributed by atoms with E-state index in [1.807, 2.05) is 24.3 Å². The Kier molecular flexibility index (Phi) is 9.57. The average Bonchev–Trinajstić information content (AvgIpc) is 3.38. The summed E-state index contributed by atoms with van der Waals surface area (Å²) in [6.07, 6.45) is 1.67. The number of halogens is 1. The fraction of sp³-hybridized carbons (Fsp3) is 0.379. The summed E-state index contributed by atoms with van der Waals surface area (Å²) in [5.74, 6) is -2.10. The van der Waals surface area contributed by atoms with Crippen molar-refractivity contribution in [3.05, 3.63) is 97.3 Å². The normalized spacial score (nSPS) is 18.1. The molecule has 1 atom stereocenters. The first kappa shape index (κ1) is 29.3. The van der Waals surface area contributed by atoms with Gasteiger partial charge in [0.05, 0.1) is 35.7 Å². The number of allylic oxidation sites excluding steroid dienone is 2. The van der Waals surface area contributed by atoms with Crippen LogP contribution in [0.2, 0.25) is 5.02 Å². The molecule has 11 heteroatoms. The van der Waals surface area contributed by atoms with E-state index in [1.54, 1.807) is 19.9 Å². The zero-order valence-electron chi connectivity index (χ0n) is 22.8. The fourth-order valence-electron chi connectivity index (χ4n) is 5.24. The Morgan fingerprint density at radius 2 is 1.73 bits per heavy atom. The maximum atomic E-state index is 13.4. The van der Waals surface area contributed by atoms with Crippen molar-refractivity contribution in [1.29, 1.82) is 0 Å². The second-order valence-corrected chi connectivity index (χ2v) is 10.2. The molecule has 0 amide bonds. The molecule has 0 bridgehead atoms. The molecule has 0 spiro atoms. The summed E-state index contributed by atoms with van der Waals surface area (Å²) in [6, 6.07) is 13.7. The minimum Gasteiger partial charge on any atom is -0.466 e. The van der Waals surface area contributed by atoms with Gasteiger partial charge in [-0.05, 0) is 49.9 Å². The van der Waals surface area contributed by atoms with Crippen LogP contribution in [0.1, 0.15) is 43.7 Å². The van der Waals surface area contributed by atoms with E-state index in [-0.39, 0.29) is 23.4 Å². The van der Waals surface area contributed by atoms with Crippen LogP contribution in [-0.2, 0) is 25.6 Å². The first-order chi connectivity index (χ1) is 19.2. The molecule has 0 radical (unpaired) electrons. The molecule has 0 aliphatic carbocycles. The van der Waals surface area contributed by atoms with Crippen LogP contribution in [0.15, 0.2) is 71.1 Å². The molecule has 1 N–H and O–H groups in total. The zero-order valence-corrected chi connectivity index (χ0v) is 23.6. The minimum atomic E-state index is -0.880. The molecule has 0 aromatic heterocycles. The van der Waals surface area contributed by atoms with Crippen LogP contribution >= 0.6 is 11.6 Å². The highest BCUT2D eigenvalue weighted by Gasteiger charge is 2.38. The molecule has 2 aromatic carbocycles. The molecular formula is C29H33ClN4O6. The Labute approximate surface area is 238 Å². The van der Waals surface area contributed by atoms with Crippen molar-refractivity contribution in [3.8, 4) is 0 Å².